The van der Waals surface area contributed by atoms with Gasteiger partial charge in [0.2, 0.25) is 0 Å². The minimum Gasteiger partial charge on any atom is -0.376 e. The van der Waals surface area contributed by atoms with Crippen LogP contribution in [0.2, 0.25) is 0 Å². The van der Waals surface area contributed by atoms with E-state index in [4.69, 9.17) is 4.74 Å². The molecule has 0 heterocycles. The van der Waals surface area contributed by atoms with Gasteiger partial charge in [-0.25, -0.2) is 0 Å². The lowest BCUT2D eigenvalue weighted by molar-refractivity contribution is -0.114. The van der Waals surface area contributed by atoms with Gasteiger partial charge in [0.15, 0.2) is 5.78 Å². The molecule has 1 aliphatic carbocycles. The molecule has 90 valence electrons. The van der Waals surface area contributed by atoms with E-state index < -0.39 is 0 Å². The lowest BCUT2D eigenvalue weighted by Gasteiger charge is -2.02. The summed E-state index contributed by atoms with van der Waals surface area (Å²) in [5.41, 5.74) is 2.20. The maximum Gasteiger partial charge on any atom is 0.158 e. The number of carbonyl (C=O) groups is 1. The number of benzene rings is 1. The summed E-state index contributed by atoms with van der Waals surface area (Å²) in [6.07, 6.45) is 5.60. The van der Waals surface area contributed by atoms with Crippen LogP contribution in [-0.2, 0) is 16.1 Å². The smallest absolute Gasteiger partial charge is 0.158 e. The van der Waals surface area contributed by atoms with Gasteiger partial charge in [-0.3, -0.25) is 4.79 Å². The van der Waals surface area contributed by atoms with Crippen LogP contribution in [0, 0.1) is 0 Å². The molecule has 17 heavy (non-hydrogen) atoms. The van der Waals surface area contributed by atoms with E-state index in [1.807, 2.05) is 24.3 Å². The van der Waals surface area contributed by atoms with Gasteiger partial charge in [0, 0.05) is 6.42 Å². The second-order valence-electron chi connectivity index (χ2n) is 4.33. The Bertz CT molecular complexity index is 393. The molecule has 1 saturated carbocycles. The van der Waals surface area contributed by atoms with Gasteiger partial charge >= 0.3 is 0 Å². The summed E-state index contributed by atoms with van der Waals surface area (Å²) in [5, 5.41) is 0. The summed E-state index contributed by atoms with van der Waals surface area (Å²) in [6, 6.07) is 10.1. The Kier molecular flexibility index (Phi) is 4.51. The molecule has 0 unspecified atom stereocenters. The third kappa shape index (κ3) is 3.82. The van der Waals surface area contributed by atoms with Crippen molar-refractivity contribution in [2.24, 2.45) is 0 Å². The number of Topliss-reactive ketones (excluding diaryl/α,β-unsaturated/α-hetero) is 1. The van der Waals surface area contributed by atoms with Crippen molar-refractivity contribution in [1.29, 1.82) is 0 Å². The standard InChI is InChI=1S/C15H18O2/c16-15-10-4-8-14(15)9-5-11-17-12-13-6-2-1-3-7-13/h1-3,6-7,9H,4-5,8,10-12H2/b14-9+. The molecule has 0 aliphatic heterocycles. The van der Waals surface area contributed by atoms with Crippen molar-refractivity contribution >= 4 is 5.78 Å². The third-order valence-electron chi connectivity index (χ3n) is 2.97. The first-order chi connectivity index (χ1) is 8.36. The number of allylic oxidation sites excluding steroid dienone is 1. The van der Waals surface area contributed by atoms with E-state index in [1.54, 1.807) is 0 Å². The minimum absolute atomic E-state index is 0.327. The van der Waals surface area contributed by atoms with Crippen LogP contribution in [0.1, 0.15) is 31.2 Å². The molecular formula is C15H18O2. The number of ketones is 1. The number of rotatable bonds is 5. The molecule has 1 fully saturated rings. The molecule has 0 aromatic heterocycles. The highest BCUT2D eigenvalue weighted by Gasteiger charge is 2.15. The monoisotopic (exact) mass is 230 g/mol. The van der Waals surface area contributed by atoms with Crippen molar-refractivity contribution in [1.82, 2.24) is 0 Å². The van der Waals surface area contributed by atoms with Crippen LogP contribution in [0.5, 0.6) is 0 Å². The quantitative estimate of drug-likeness (QED) is 0.573. The van der Waals surface area contributed by atoms with Crippen LogP contribution in [0.4, 0.5) is 0 Å². The highest BCUT2D eigenvalue weighted by atomic mass is 16.5. The van der Waals surface area contributed by atoms with Crippen LogP contribution >= 0.6 is 0 Å². The van der Waals surface area contributed by atoms with E-state index in [1.165, 1.54) is 5.56 Å². The van der Waals surface area contributed by atoms with Crippen LogP contribution in [-0.4, -0.2) is 12.4 Å². The Morgan fingerprint density at radius 1 is 1.18 bits per heavy atom. The molecule has 1 aliphatic rings. The van der Waals surface area contributed by atoms with E-state index in [-0.39, 0.29) is 0 Å². The van der Waals surface area contributed by atoms with Gasteiger partial charge in [0.1, 0.15) is 0 Å². The van der Waals surface area contributed by atoms with Crippen molar-refractivity contribution in [2.75, 3.05) is 6.61 Å². The van der Waals surface area contributed by atoms with E-state index in [0.717, 1.165) is 31.3 Å². The van der Waals surface area contributed by atoms with Crippen molar-refractivity contribution in [2.45, 2.75) is 32.3 Å². The second kappa shape index (κ2) is 6.36. The summed E-state index contributed by atoms with van der Waals surface area (Å²) in [7, 11) is 0. The average Bonchev–Trinajstić information content (AvgIpc) is 2.76. The summed E-state index contributed by atoms with van der Waals surface area (Å²) in [5.74, 6) is 0.327. The van der Waals surface area contributed by atoms with Crippen molar-refractivity contribution in [3.63, 3.8) is 0 Å². The fraction of sp³-hybridized carbons (Fsp3) is 0.400. The Morgan fingerprint density at radius 2 is 2.00 bits per heavy atom. The van der Waals surface area contributed by atoms with Crippen molar-refractivity contribution in [3.8, 4) is 0 Å². The highest BCUT2D eigenvalue weighted by molar-refractivity contribution is 5.97. The van der Waals surface area contributed by atoms with Gasteiger partial charge in [0.25, 0.3) is 0 Å². The van der Waals surface area contributed by atoms with E-state index in [9.17, 15) is 4.79 Å². The van der Waals surface area contributed by atoms with Gasteiger partial charge in [-0.05, 0) is 30.4 Å². The van der Waals surface area contributed by atoms with Gasteiger partial charge in [-0.2, -0.15) is 0 Å². The van der Waals surface area contributed by atoms with Crippen LogP contribution in [0.15, 0.2) is 42.0 Å². The minimum atomic E-state index is 0.327. The summed E-state index contributed by atoms with van der Waals surface area (Å²) < 4.78 is 5.56. The molecule has 2 nitrogen and oxygen atoms in total. The summed E-state index contributed by atoms with van der Waals surface area (Å²) >= 11 is 0. The van der Waals surface area contributed by atoms with Gasteiger partial charge in [-0.1, -0.05) is 36.4 Å². The normalized spacial score (nSPS) is 17.9. The molecular weight excluding hydrogens is 212 g/mol. The Hall–Kier alpha value is -1.41. The lowest BCUT2D eigenvalue weighted by Crippen LogP contribution is -1.96. The van der Waals surface area contributed by atoms with Gasteiger partial charge in [-0.15, -0.1) is 0 Å². The fourth-order valence-corrected chi connectivity index (χ4v) is 2.04. The average molecular weight is 230 g/mol. The largest absolute Gasteiger partial charge is 0.376 e. The summed E-state index contributed by atoms with van der Waals surface area (Å²) in [4.78, 5) is 11.4. The Morgan fingerprint density at radius 3 is 2.71 bits per heavy atom. The molecule has 0 atom stereocenters. The first-order valence-electron chi connectivity index (χ1n) is 6.20. The molecule has 1 aromatic rings. The predicted molar refractivity (Wildman–Crippen MR) is 67.7 cm³/mol. The molecule has 0 spiro atoms. The van der Waals surface area contributed by atoms with Gasteiger partial charge in [0.05, 0.1) is 13.2 Å². The second-order valence-corrected chi connectivity index (χ2v) is 4.33. The van der Waals surface area contributed by atoms with Crippen molar-refractivity contribution < 1.29 is 9.53 Å². The molecule has 0 saturated heterocycles. The zero-order valence-electron chi connectivity index (χ0n) is 10.0. The molecule has 0 N–H and O–H groups in total. The highest BCUT2D eigenvalue weighted by Crippen LogP contribution is 2.20. The maximum atomic E-state index is 11.4. The number of hydrogen-bond donors (Lipinski definition) is 0. The zero-order chi connectivity index (χ0) is 11.9. The molecule has 0 amide bonds. The Balaban J connectivity index is 1.65. The van der Waals surface area contributed by atoms with E-state index in [2.05, 4.69) is 12.1 Å². The number of carbonyl (C=O) groups excluding carboxylic acids is 1. The first-order valence-corrected chi connectivity index (χ1v) is 6.20. The predicted octanol–water partition coefficient (Wildman–Crippen LogP) is 3.27. The summed E-state index contributed by atoms with van der Waals surface area (Å²) in [6.45, 7) is 1.34. The fourth-order valence-electron chi connectivity index (χ4n) is 2.04. The first kappa shape index (κ1) is 12.1. The molecule has 2 rings (SSSR count). The zero-order valence-corrected chi connectivity index (χ0v) is 10.0. The number of hydrogen-bond acceptors (Lipinski definition) is 2. The maximum absolute atomic E-state index is 11.4. The molecule has 0 bridgehead atoms. The van der Waals surface area contributed by atoms with Gasteiger partial charge < -0.3 is 4.74 Å². The molecule has 2 heteroatoms. The van der Waals surface area contributed by atoms with E-state index in [0.29, 0.717) is 19.0 Å². The van der Waals surface area contributed by atoms with E-state index >= 15 is 0 Å². The van der Waals surface area contributed by atoms with Crippen LogP contribution in [0.3, 0.4) is 0 Å². The lowest BCUT2D eigenvalue weighted by atomic mass is 10.2. The molecule has 1 aromatic carbocycles. The molecule has 0 radical (unpaired) electrons. The van der Waals surface area contributed by atoms with Crippen LogP contribution in [0.25, 0.3) is 0 Å². The van der Waals surface area contributed by atoms with Crippen molar-refractivity contribution in [3.05, 3.63) is 47.5 Å². The number of ether oxygens (including phenoxy) is 1. The Labute approximate surface area is 102 Å². The third-order valence-corrected chi connectivity index (χ3v) is 2.97. The SMILES string of the molecule is O=C1CCC/C1=C\CCOCc1ccccc1. The topological polar surface area (TPSA) is 26.3 Å². The van der Waals surface area contributed by atoms with Crippen LogP contribution < -0.4 is 0 Å².